The van der Waals surface area contributed by atoms with Gasteiger partial charge in [-0.3, -0.25) is 4.79 Å². The SMILES string of the molecule is COC(=O)C(C)(CCCC(F)(F)F)NCCCN=[N+]=[N-]. The zero-order valence-corrected chi connectivity index (χ0v) is 11.5. The molecule has 6 nitrogen and oxygen atoms in total. The van der Waals surface area contributed by atoms with Crippen molar-refractivity contribution in [3.8, 4) is 0 Å². The fourth-order valence-corrected chi connectivity index (χ4v) is 1.69. The summed E-state index contributed by atoms with van der Waals surface area (Å²) in [6, 6.07) is 0. The number of ether oxygens (including phenoxy) is 1. The van der Waals surface area contributed by atoms with Crippen LogP contribution in [-0.4, -0.2) is 37.9 Å². The molecule has 0 heterocycles. The number of hydrogen-bond acceptors (Lipinski definition) is 4. The van der Waals surface area contributed by atoms with E-state index in [4.69, 9.17) is 5.53 Å². The second-order valence-corrected chi connectivity index (χ2v) is 4.53. The molecule has 0 aromatic rings. The third-order valence-corrected chi connectivity index (χ3v) is 2.79. The highest BCUT2D eigenvalue weighted by Gasteiger charge is 2.35. The van der Waals surface area contributed by atoms with E-state index in [9.17, 15) is 18.0 Å². The molecule has 1 atom stereocenters. The van der Waals surface area contributed by atoms with Gasteiger partial charge in [-0.2, -0.15) is 13.2 Å². The van der Waals surface area contributed by atoms with Crippen LogP contribution in [-0.2, 0) is 9.53 Å². The average molecular weight is 296 g/mol. The number of nitrogens with one attached hydrogen (secondary N) is 1. The second-order valence-electron chi connectivity index (χ2n) is 4.53. The highest BCUT2D eigenvalue weighted by atomic mass is 19.4. The lowest BCUT2D eigenvalue weighted by atomic mass is 9.94. The monoisotopic (exact) mass is 296 g/mol. The first kappa shape index (κ1) is 18.5. The Bertz CT molecular complexity index is 356. The minimum atomic E-state index is -4.24. The Morgan fingerprint density at radius 2 is 2.00 bits per heavy atom. The summed E-state index contributed by atoms with van der Waals surface area (Å²) in [5, 5.41) is 6.19. The molecule has 20 heavy (non-hydrogen) atoms. The molecule has 0 rings (SSSR count). The van der Waals surface area contributed by atoms with Crippen molar-refractivity contribution in [2.45, 2.75) is 44.3 Å². The van der Waals surface area contributed by atoms with Gasteiger partial charge in [0.1, 0.15) is 5.54 Å². The van der Waals surface area contributed by atoms with Crippen LogP contribution < -0.4 is 5.32 Å². The van der Waals surface area contributed by atoms with Crippen LogP contribution in [0.4, 0.5) is 13.2 Å². The number of rotatable bonds is 9. The van der Waals surface area contributed by atoms with Crippen molar-refractivity contribution in [1.82, 2.24) is 5.32 Å². The number of alkyl halides is 3. The van der Waals surface area contributed by atoms with Crippen molar-refractivity contribution >= 4 is 5.97 Å². The zero-order valence-electron chi connectivity index (χ0n) is 11.5. The van der Waals surface area contributed by atoms with Gasteiger partial charge in [-0.15, -0.1) is 0 Å². The molecule has 0 spiro atoms. The molecular formula is C11H19F3N4O2. The highest BCUT2D eigenvalue weighted by Crippen LogP contribution is 2.25. The fourth-order valence-electron chi connectivity index (χ4n) is 1.69. The summed E-state index contributed by atoms with van der Waals surface area (Å²) in [4.78, 5) is 14.2. The van der Waals surface area contributed by atoms with Crippen LogP contribution in [0.1, 0.15) is 32.6 Å². The highest BCUT2D eigenvalue weighted by molar-refractivity contribution is 5.80. The van der Waals surface area contributed by atoms with Crippen LogP contribution in [0, 0.1) is 0 Å². The summed E-state index contributed by atoms with van der Waals surface area (Å²) in [5.74, 6) is -0.608. The van der Waals surface area contributed by atoms with Gasteiger partial charge < -0.3 is 10.1 Å². The van der Waals surface area contributed by atoms with Crippen LogP contribution in [0.5, 0.6) is 0 Å². The van der Waals surface area contributed by atoms with Gasteiger partial charge in [0.15, 0.2) is 0 Å². The number of nitrogens with zero attached hydrogens (tertiary/aromatic N) is 3. The largest absolute Gasteiger partial charge is 0.468 e. The van der Waals surface area contributed by atoms with E-state index < -0.39 is 24.1 Å². The van der Waals surface area contributed by atoms with Crippen LogP contribution in [0.25, 0.3) is 10.4 Å². The molecular weight excluding hydrogens is 277 g/mol. The van der Waals surface area contributed by atoms with Crippen molar-refractivity contribution in [1.29, 1.82) is 0 Å². The average Bonchev–Trinajstić information content (AvgIpc) is 2.36. The van der Waals surface area contributed by atoms with E-state index in [1.165, 1.54) is 14.0 Å². The van der Waals surface area contributed by atoms with Gasteiger partial charge in [0.2, 0.25) is 0 Å². The van der Waals surface area contributed by atoms with E-state index in [1.807, 2.05) is 0 Å². The van der Waals surface area contributed by atoms with E-state index >= 15 is 0 Å². The van der Waals surface area contributed by atoms with E-state index in [-0.39, 0.29) is 19.4 Å². The van der Waals surface area contributed by atoms with Crippen molar-refractivity contribution in [2.75, 3.05) is 20.2 Å². The van der Waals surface area contributed by atoms with Gasteiger partial charge in [-0.05, 0) is 38.3 Å². The Labute approximate surface area is 115 Å². The predicted octanol–water partition coefficient (Wildman–Crippen LogP) is 2.94. The standard InChI is InChI=1S/C11H19F3N4O2/c1-10(9(19)20-2,5-3-6-11(12,13)14)16-7-4-8-17-18-15/h16H,3-8H2,1-2H3. The molecule has 1 unspecified atom stereocenters. The maximum absolute atomic E-state index is 12.1. The first-order chi connectivity index (χ1) is 9.25. The summed E-state index contributed by atoms with van der Waals surface area (Å²) >= 11 is 0. The quantitative estimate of drug-likeness (QED) is 0.233. The summed E-state index contributed by atoms with van der Waals surface area (Å²) in [7, 11) is 1.19. The lowest BCUT2D eigenvalue weighted by molar-refractivity contribution is -0.150. The molecule has 0 saturated heterocycles. The van der Waals surface area contributed by atoms with Crippen LogP contribution >= 0.6 is 0 Å². The normalized spacial score (nSPS) is 14.2. The first-order valence-electron chi connectivity index (χ1n) is 6.16. The summed E-state index contributed by atoms with van der Waals surface area (Å²) in [6.45, 7) is 2.10. The predicted molar refractivity (Wildman–Crippen MR) is 67.0 cm³/mol. The molecule has 0 radical (unpaired) electrons. The smallest absolute Gasteiger partial charge is 0.389 e. The maximum Gasteiger partial charge on any atom is 0.389 e. The molecule has 116 valence electrons. The number of carbonyl (C=O) groups is 1. The summed E-state index contributed by atoms with van der Waals surface area (Å²) in [6.07, 6.45) is -4.85. The maximum atomic E-state index is 12.1. The molecule has 1 N–H and O–H groups in total. The minimum Gasteiger partial charge on any atom is -0.468 e. The van der Waals surface area contributed by atoms with Gasteiger partial charge in [0.25, 0.3) is 0 Å². The topological polar surface area (TPSA) is 87.1 Å². The van der Waals surface area contributed by atoms with Crippen LogP contribution in [0.2, 0.25) is 0 Å². The number of azide groups is 1. The number of methoxy groups -OCH3 is 1. The number of carbonyl (C=O) groups excluding carboxylic acids is 1. The Hall–Kier alpha value is -1.47. The van der Waals surface area contributed by atoms with Crippen molar-refractivity contribution < 1.29 is 22.7 Å². The first-order valence-corrected chi connectivity index (χ1v) is 6.16. The summed E-state index contributed by atoms with van der Waals surface area (Å²) < 4.78 is 41.0. The van der Waals surface area contributed by atoms with E-state index in [0.29, 0.717) is 13.0 Å². The molecule has 0 saturated carbocycles. The third kappa shape index (κ3) is 7.85. The molecule has 0 fully saturated rings. The zero-order chi connectivity index (χ0) is 15.6. The molecule has 0 aliphatic heterocycles. The Morgan fingerprint density at radius 3 is 2.50 bits per heavy atom. The molecule has 0 aliphatic carbocycles. The lowest BCUT2D eigenvalue weighted by Gasteiger charge is -2.28. The lowest BCUT2D eigenvalue weighted by Crippen LogP contribution is -2.50. The number of hydrogen-bond donors (Lipinski definition) is 1. The van der Waals surface area contributed by atoms with Crippen molar-refractivity contribution in [3.63, 3.8) is 0 Å². The fraction of sp³-hybridized carbons (Fsp3) is 0.909. The van der Waals surface area contributed by atoms with E-state index in [1.54, 1.807) is 0 Å². The molecule has 0 aromatic heterocycles. The van der Waals surface area contributed by atoms with Crippen LogP contribution in [0.3, 0.4) is 0 Å². The second kappa shape index (κ2) is 8.65. The Kier molecular flexibility index (Phi) is 8.02. The van der Waals surface area contributed by atoms with E-state index in [0.717, 1.165) is 0 Å². The molecule has 0 amide bonds. The van der Waals surface area contributed by atoms with Crippen molar-refractivity contribution in [3.05, 3.63) is 10.4 Å². The third-order valence-electron chi connectivity index (χ3n) is 2.79. The molecule has 0 bridgehead atoms. The Balaban J connectivity index is 4.36. The van der Waals surface area contributed by atoms with Gasteiger partial charge in [-0.1, -0.05) is 5.11 Å². The van der Waals surface area contributed by atoms with E-state index in [2.05, 4.69) is 20.1 Å². The van der Waals surface area contributed by atoms with Gasteiger partial charge in [0.05, 0.1) is 7.11 Å². The minimum absolute atomic E-state index is 0.0146. The van der Waals surface area contributed by atoms with Crippen molar-refractivity contribution in [2.24, 2.45) is 5.11 Å². The summed E-state index contributed by atoms with van der Waals surface area (Å²) in [5.41, 5.74) is 6.93. The van der Waals surface area contributed by atoms with Gasteiger partial charge in [-0.25, -0.2) is 0 Å². The molecule has 0 aromatic carbocycles. The molecule has 9 heteroatoms. The molecule has 0 aliphatic rings. The number of esters is 1. The van der Waals surface area contributed by atoms with Gasteiger partial charge >= 0.3 is 12.1 Å². The number of halogens is 3. The Morgan fingerprint density at radius 1 is 1.35 bits per heavy atom. The van der Waals surface area contributed by atoms with Gasteiger partial charge in [0, 0.05) is 17.9 Å². The van der Waals surface area contributed by atoms with Crippen LogP contribution in [0.15, 0.2) is 5.11 Å².